The lowest BCUT2D eigenvalue weighted by atomic mass is 9.97. The maximum atomic E-state index is 11.0. The molecule has 1 aromatic carbocycles. The zero-order valence-electron chi connectivity index (χ0n) is 11.7. The Morgan fingerprint density at radius 1 is 1.26 bits per heavy atom. The van der Waals surface area contributed by atoms with E-state index >= 15 is 0 Å². The Kier molecular flexibility index (Phi) is 5.62. The fourth-order valence-corrected chi connectivity index (χ4v) is 2.61. The van der Waals surface area contributed by atoms with Gasteiger partial charge in [-0.1, -0.05) is 15.9 Å². The Morgan fingerprint density at radius 2 is 1.89 bits per heavy atom. The average molecular weight is 330 g/mol. The van der Waals surface area contributed by atoms with Crippen molar-refractivity contribution in [1.82, 2.24) is 10.7 Å². The van der Waals surface area contributed by atoms with E-state index in [1.165, 1.54) is 5.56 Å². The standard InChI is InChI=1S/C13H20BrN3O2/c1-7-8(2)12(19-4)10(9(3)11(7)14)5-6-16-13(18)17-15/h5-6,15H2,1-4H3,(H2,16,17,18). The van der Waals surface area contributed by atoms with Crippen molar-refractivity contribution in [3.63, 3.8) is 0 Å². The van der Waals surface area contributed by atoms with Crippen LogP contribution >= 0.6 is 15.9 Å². The van der Waals surface area contributed by atoms with E-state index in [0.29, 0.717) is 13.0 Å². The number of ether oxygens (including phenoxy) is 1. The molecule has 0 heterocycles. The van der Waals surface area contributed by atoms with Crippen molar-refractivity contribution in [3.05, 3.63) is 26.7 Å². The number of hydrogen-bond acceptors (Lipinski definition) is 3. The molecule has 0 saturated carbocycles. The van der Waals surface area contributed by atoms with Gasteiger partial charge in [0.1, 0.15) is 5.75 Å². The van der Waals surface area contributed by atoms with Gasteiger partial charge in [0, 0.05) is 16.6 Å². The summed E-state index contributed by atoms with van der Waals surface area (Å²) in [4.78, 5) is 11.0. The normalized spacial score (nSPS) is 10.2. The second kappa shape index (κ2) is 6.77. The predicted molar refractivity (Wildman–Crippen MR) is 79.3 cm³/mol. The number of rotatable bonds is 4. The Morgan fingerprint density at radius 3 is 2.42 bits per heavy atom. The van der Waals surface area contributed by atoms with Gasteiger partial charge in [0.25, 0.3) is 0 Å². The quantitative estimate of drug-likeness (QED) is 0.449. The molecule has 106 valence electrons. The summed E-state index contributed by atoms with van der Waals surface area (Å²) in [6, 6.07) is -0.389. The molecular formula is C13H20BrN3O2. The molecule has 0 spiro atoms. The van der Waals surface area contributed by atoms with Gasteiger partial charge in [-0.15, -0.1) is 0 Å². The van der Waals surface area contributed by atoms with Crippen molar-refractivity contribution in [3.8, 4) is 5.75 Å². The summed E-state index contributed by atoms with van der Waals surface area (Å²) < 4.78 is 6.59. The molecule has 0 fully saturated rings. The zero-order valence-corrected chi connectivity index (χ0v) is 13.3. The van der Waals surface area contributed by atoms with Gasteiger partial charge >= 0.3 is 6.03 Å². The van der Waals surface area contributed by atoms with Gasteiger partial charge in [-0.3, -0.25) is 5.43 Å². The molecule has 0 saturated heterocycles. The number of hydrogen-bond donors (Lipinski definition) is 3. The molecular weight excluding hydrogens is 310 g/mol. The highest BCUT2D eigenvalue weighted by molar-refractivity contribution is 9.10. The molecule has 5 nitrogen and oxygen atoms in total. The smallest absolute Gasteiger partial charge is 0.328 e. The molecule has 1 aromatic rings. The van der Waals surface area contributed by atoms with Crippen LogP contribution in [0.4, 0.5) is 4.79 Å². The van der Waals surface area contributed by atoms with Crippen LogP contribution in [0.15, 0.2) is 4.47 Å². The number of carbonyl (C=O) groups is 1. The lowest BCUT2D eigenvalue weighted by Crippen LogP contribution is -2.40. The van der Waals surface area contributed by atoms with Crippen LogP contribution in [0.2, 0.25) is 0 Å². The Hall–Kier alpha value is -1.27. The third-order valence-electron chi connectivity index (χ3n) is 3.28. The summed E-state index contributed by atoms with van der Waals surface area (Å²) in [5, 5.41) is 2.67. The zero-order chi connectivity index (χ0) is 14.6. The maximum absolute atomic E-state index is 11.0. The summed E-state index contributed by atoms with van der Waals surface area (Å²) in [6.07, 6.45) is 0.683. The van der Waals surface area contributed by atoms with Crippen molar-refractivity contribution in [2.45, 2.75) is 27.2 Å². The molecule has 0 atom stereocenters. The SMILES string of the molecule is COc1c(C)c(C)c(Br)c(C)c1CCNC(=O)NN. The average Bonchev–Trinajstić information content (AvgIpc) is 2.41. The van der Waals surface area contributed by atoms with Crippen molar-refractivity contribution >= 4 is 22.0 Å². The highest BCUT2D eigenvalue weighted by Gasteiger charge is 2.16. The monoisotopic (exact) mass is 329 g/mol. The van der Waals surface area contributed by atoms with E-state index in [4.69, 9.17) is 10.6 Å². The van der Waals surface area contributed by atoms with Crippen molar-refractivity contribution < 1.29 is 9.53 Å². The lowest BCUT2D eigenvalue weighted by Gasteiger charge is -2.19. The topological polar surface area (TPSA) is 76.4 Å². The molecule has 19 heavy (non-hydrogen) atoms. The molecule has 0 aromatic heterocycles. The lowest BCUT2D eigenvalue weighted by molar-refractivity contribution is 0.241. The van der Waals surface area contributed by atoms with Crippen LogP contribution in [-0.2, 0) is 6.42 Å². The fourth-order valence-electron chi connectivity index (χ4n) is 2.07. The van der Waals surface area contributed by atoms with Crippen LogP contribution in [0.3, 0.4) is 0 Å². The third kappa shape index (κ3) is 3.39. The summed E-state index contributed by atoms with van der Waals surface area (Å²) in [6.45, 7) is 6.62. The summed E-state index contributed by atoms with van der Waals surface area (Å²) in [5.41, 5.74) is 6.54. The molecule has 0 bridgehead atoms. The molecule has 0 aliphatic carbocycles. The van der Waals surface area contributed by atoms with E-state index < -0.39 is 0 Å². The van der Waals surface area contributed by atoms with E-state index in [2.05, 4.69) is 28.2 Å². The minimum atomic E-state index is -0.389. The molecule has 0 aliphatic heterocycles. The van der Waals surface area contributed by atoms with Gasteiger partial charge in [-0.2, -0.15) is 0 Å². The van der Waals surface area contributed by atoms with Gasteiger partial charge in [0.2, 0.25) is 0 Å². The second-order valence-corrected chi connectivity index (χ2v) is 5.14. The first-order valence-corrected chi connectivity index (χ1v) is 6.79. The molecule has 0 aliphatic rings. The number of nitrogens with two attached hydrogens (primary N) is 1. The molecule has 0 radical (unpaired) electrons. The van der Waals surface area contributed by atoms with Gasteiger partial charge < -0.3 is 10.1 Å². The van der Waals surface area contributed by atoms with Crippen LogP contribution < -0.4 is 21.3 Å². The predicted octanol–water partition coefficient (Wildman–Crippen LogP) is 2.10. The third-order valence-corrected chi connectivity index (χ3v) is 4.47. The van der Waals surface area contributed by atoms with E-state index in [-0.39, 0.29) is 6.03 Å². The highest BCUT2D eigenvalue weighted by Crippen LogP contribution is 2.36. The van der Waals surface area contributed by atoms with E-state index in [0.717, 1.165) is 26.9 Å². The number of halogens is 1. The van der Waals surface area contributed by atoms with Gasteiger partial charge in [-0.05, 0) is 43.9 Å². The number of nitrogens with one attached hydrogen (secondary N) is 2. The van der Waals surface area contributed by atoms with Crippen LogP contribution in [0.5, 0.6) is 5.75 Å². The van der Waals surface area contributed by atoms with Crippen LogP contribution in [-0.4, -0.2) is 19.7 Å². The highest BCUT2D eigenvalue weighted by atomic mass is 79.9. The summed E-state index contributed by atoms with van der Waals surface area (Å²) in [5.74, 6) is 5.89. The molecule has 2 amide bonds. The minimum Gasteiger partial charge on any atom is -0.496 e. The first kappa shape index (κ1) is 15.8. The second-order valence-electron chi connectivity index (χ2n) is 4.35. The van der Waals surface area contributed by atoms with E-state index in [9.17, 15) is 4.79 Å². The molecule has 6 heteroatoms. The molecule has 4 N–H and O–H groups in total. The number of amides is 2. The Balaban J connectivity index is 3.02. The number of hydrazine groups is 1. The van der Waals surface area contributed by atoms with E-state index in [1.54, 1.807) is 7.11 Å². The van der Waals surface area contributed by atoms with Crippen LogP contribution in [0.1, 0.15) is 22.3 Å². The van der Waals surface area contributed by atoms with Crippen molar-refractivity contribution in [2.75, 3.05) is 13.7 Å². The fraction of sp³-hybridized carbons (Fsp3) is 0.462. The summed E-state index contributed by atoms with van der Waals surface area (Å²) >= 11 is 3.60. The van der Waals surface area contributed by atoms with Crippen molar-refractivity contribution in [2.24, 2.45) is 5.84 Å². The maximum Gasteiger partial charge on any atom is 0.328 e. The number of benzene rings is 1. The van der Waals surface area contributed by atoms with E-state index in [1.807, 2.05) is 19.3 Å². The molecule has 1 rings (SSSR count). The van der Waals surface area contributed by atoms with Crippen molar-refractivity contribution in [1.29, 1.82) is 0 Å². The first-order chi connectivity index (χ1) is 8.93. The number of carbonyl (C=O) groups excluding carboxylic acids is 1. The van der Waals surface area contributed by atoms with Gasteiger partial charge in [0.05, 0.1) is 7.11 Å². The summed E-state index contributed by atoms with van der Waals surface area (Å²) in [7, 11) is 1.67. The Labute approximate surface area is 122 Å². The minimum absolute atomic E-state index is 0.389. The first-order valence-electron chi connectivity index (χ1n) is 6.00. The van der Waals surface area contributed by atoms with Gasteiger partial charge in [-0.25, -0.2) is 10.6 Å². The number of methoxy groups -OCH3 is 1. The van der Waals surface area contributed by atoms with Crippen LogP contribution in [0.25, 0.3) is 0 Å². The number of urea groups is 1. The Bertz CT molecular complexity index is 490. The van der Waals surface area contributed by atoms with Gasteiger partial charge in [0.15, 0.2) is 0 Å². The largest absolute Gasteiger partial charge is 0.496 e. The molecule has 0 unspecified atom stereocenters. The van der Waals surface area contributed by atoms with Crippen LogP contribution in [0, 0.1) is 20.8 Å².